The number of piperidine rings is 4. The maximum absolute atomic E-state index is 9.60. The van der Waals surface area contributed by atoms with E-state index in [1.54, 1.807) is 4.52 Å². The van der Waals surface area contributed by atoms with Crippen molar-refractivity contribution < 1.29 is 42.8 Å². The van der Waals surface area contributed by atoms with Gasteiger partial charge in [0.05, 0.1) is 72.0 Å². The molecule has 119 heavy (non-hydrogen) atoms. The third-order valence-corrected chi connectivity index (χ3v) is 20.6. The monoisotopic (exact) mass is 1660 g/mol. The second-order valence-corrected chi connectivity index (χ2v) is 33.4. The van der Waals surface area contributed by atoms with E-state index in [0.29, 0.717) is 113 Å². The molecule has 4 aliphatic rings. The SMILES string of the molecule is CC(C)(C)OC=O.CC(C)(C)OC=O.CCC=O.CCC[C@H](C)Oc1nc(N)c2ncc(CC3CCN(CCN)CC3)n2n1.CCC[C@H](C)Oc1nc(N)c2ncc(CC3CCN(CCN)CC3)n2n1.CCC[C@H](C)Oc1nc(N)c2ncc(CC3CCN(CCN)CC3)n2n1.CCC[C@H](C)Oc1nc(N)c2ncc(CC3CCNCC3)n2n1. The zero-order valence-corrected chi connectivity index (χ0v) is 74.1. The first-order chi connectivity index (χ1) is 57.0. The first-order valence-corrected chi connectivity index (χ1v) is 43.3. The van der Waals surface area contributed by atoms with Gasteiger partial charge in [-0.1, -0.05) is 60.3 Å². The number of nitrogens with one attached hydrogen (secondary N) is 1. The number of nitrogens with two attached hydrogens (primary N) is 7. The van der Waals surface area contributed by atoms with E-state index in [2.05, 4.69) is 117 Å². The number of rotatable bonds is 33. The van der Waals surface area contributed by atoms with Crippen LogP contribution >= 0.6 is 0 Å². The van der Waals surface area contributed by atoms with Crippen LogP contribution in [-0.4, -0.2) is 240 Å². The van der Waals surface area contributed by atoms with Gasteiger partial charge in [0.15, 0.2) is 45.9 Å². The fourth-order valence-corrected chi connectivity index (χ4v) is 14.4. The molecule has 12 heterocycles. The lowest BCUT2D eigenvalue weighted by Crippen LogP contribution is -2.37. The van der Waals surface area contributed by atoms with Crippen molar-refractivity contribution in [3.8, 4) is 24.0 Å². The molecule has 8 aromatic rings. The molecule has 15 N–H and O–H groups in total. The van der Waals surface area contributed by atoms with E-state index in [4.69, 9.17) is 59.1 Å². The second-order valence-electron chi connectivity index (χ2n) is 33.4. The van der Waals surface area contributed by atoms with E-state index >= 15 is 0 Å². The largest absolute Gasteiger partial charge is 0.462 e. The molecule has 0 aliphatic carbocycles. The highest BCUT2D eigenvalue weighted by molar-refractivity contribution is 5.62. The van der Waals surface area contributed by atoms with Crippen LogP contribution < -0.4 is 64.4 Å². The number of nitrogen functional groups attached to an aromatic ring is 4. The summed E-state index contributed by atoms with van der Waals surface area (Å²) in [4.78, 5) is 70.3. The van der Waals surface area contributed by atoms with Crippen LogP contribution in [0.2, 0.25) is 0 Å². The Morgan fingerprint density at radius 3 is 0.815 bits per heavy atom. The number of ether oxygens (including phenoxy) is 6. The molecule has 12 rings (SSSR count). The molecule has 0 unspecified atom stereocenters. The summed E-state index contributed by atoms with van der Waals surface area (Å²) < 4.78 is 39.6. The number of hydrogen-bond donors (Lipinski definition) is 8. The van der Waals surface area contributed by atoms with Gasteiger partial charge in [-0.25, -0.2) is 38.0 Å². The zero-order chi connectivity index (χ0) is 87.0. The van der Waals surface area contributed by atoms with Crippen LogP contribution in [0.25, 0.3) is 22.6 Å². The lowest BCUT2D eigenvalue weighted by Gasteiger charge is -2.31. The zero-order valence-electron chi connectivity index (χ0n) is 74.1. The van der Waals surface area contributed by atoms with Gasteiger partial charge in [-0.05, 0) is 248 Å². The number of nitrogens with zero attached hydrogens (tertiary/aromatic N) is 19. The summed E-state index contributed by atoms with van der Waals surface area (Å²) in [6, 6.07) is 1.31. The van der Waals surface area contributed by atoms with Crippen LogP contribution in [0.4, 0.5) is 23.3 Å². The molecular formula is C83H145N27O9. The molecule has 4 aliphatic heterocycles. The molecule has 0 bridgehead atoms. The van der Waals surface area contributed by atoms with E-state index in [1.807, 2.05) is 114 Å². The molecule has 0 radical (unpaired) electrons. The van der Waals surface area contributed by atoms with Gasteiger partial charge in [-0.2, -0.15) is 19.9 Å². The lowest BCUT2D eigenvalue weighted by molar-refractivity contribution is -0.139. The lowest BCUT2D eigenvalue weighted by atomic mass is 9.92. The smallest absolute Gasteiger partial charge is 0.336 e. The number of likely N-dealkylation sites (tertiary alicyclic amines) is 3. The number of imidazole rings is 4. The van der Waals surface area contributed by atoms with Gasteiger partial charge in [-0.3, -0.25) is 9.59 Å². The molecule has 4 fully saturated rings. The Labute approximate surface area is 704 Å². The van der Waals surface area contributed by atoms with Crippen molar-refractivity contribution >= 4 is 65.1 Å². The van der Waals surface area contributed by atoms with Crippen molar-refractivity contribution in [1.82, 2.24) is 98.3 Å². The fraction of sp³-hybridized carbons (Fsp3) is 0.723. The molecule has 8 aromatic heterocycles. The maximum Gasteiger partial charge on any atom is 0.336 e. The van der Waals surface area contributed by atoms with Crippen LogP contribution in [0.1, 0.15) is 236 Å². The van der Waals surface area contributed by atoms with Crippen molar-refractivity contribution in [2.75, 3.05) is 115 Å². The fourth-order valence-electron chi connectivity index (χ4n) is 14.4. The molecule has 4 saturated heterocycles. The van der Waals surface area contributed by atoms with Gasteiger partial charge in [0.1, 0.15) is 17.5 Å². The molecule has 0 amide bonds. The Morgan fingerprint density at radius 1 is 0.403 bits per heavy atom. The number of aldehydes is 1. The summed E-state index contributed by atoms with van der Waals surface area (Å²) in [7, 11) is 0. The molecule has 4 atom stereocenters. The molecule has 36 heteroatoms. The van der Waals surface area contributed by atoms with Crippen LogP contribution in [0.5, 0.6) is 24.0 Å². The van der Waals surface area contributed by atoms with Crippen LogP contribution in [-0.2, 0) is 49.5 Å². The summed E-state index contributed by atoms with van der Waals surface area (Å²) in [5.41, 5.74) is 47.3. The highest BCUT2D eigenvalue weighted by atomic mass is 16.5. The van der Waals surface area contributed by atoms with Crippen LogP contribution in [0.3, 0.4) is 0 Å². The van der Waals surface area contributed by atoms with Gasteiger partial charge in [0.2, 0.25) is 0 Å². The minimum absolute atomic E-state index is 0.0655. The summed E-state index contributed by atoms with van der Waals surface area (Å²) in [6.45, 7) is 44.3. The highest BCUT2D eigenvalue weighted by Gasteiger charge is 2.27. The molecular weight excluding hydrogens is 1520 g/mol. The molecule has 666 valence electrons. The van der Waals surface area contributed by atoms with E-state index in [1.165, 1.54) is 51.4 Å². The standard InChI is InChI=1S/3C18H31N7O.C16H26N6O.2C5H10O2.C3H6O/c3*1-3-4-13(2)26-18-22-16(20)17-21-12-15(25(17)23-18)11-14-5-8-24(9-6-14)10-7-19;1-3-4-11(2)23-16-20-14(17)15-19-10-13(22(15)21-16)9-12-5-7-18-8-6-12;2*1-5(2,3)7-4-6;1-2-3-4/h3*12-14H,3-11,19H2,1-2H3,(H2,20,22,23);10-12,18H,3-9H2,1-2H3,(H2,17,20,21);2*4H,1-3H3;3H,2H2,1H3/t3*13-;11-;;;/m0000.../s1. The average molecular weight is 1670 g/mol. The summed E-state index contributed by atoms with van der Waals surface area (Å²) in [6.07, 6.45) is 30.5. The average Bonchev–Trinajstić information content (AvgIpc) is 1.68. The van der Waals surface area contributed by atoms with E-state index < -0.39 is 0 Å². The summed E-state index contributed by atoms with van der Waals surface area (Å²) in [5, 5.41) is 21.5. The number of anilines is 4. The van der Waals surface area contributed by atoms with Gasteiger partial charge in [0.25, 0.3) is 12.9 Å². The predicted octanol–water partition coefficient (Wildman–Crippen LogP) is 8.79. The third-order valence-electron chi connectivity index (χ3n) is 20.6. The van der Waals surface area contributed by atoms with Crippen LogP contribution in [0.15, 0.2) is 24.8 Å². The van der Waals surface area contributed by atoms with Crippen molar-refractivity contribution in [2.45, 2.75) is 274 Å². The Balaban J connectivity index is 0.000000230. The van der Waals surface area contributed by atoms with Crippen molar-refractivity contribution in [1.29, 1.82) is 0 Å². The Kier molecular flexibility index (Phi) is 42.8. The van der Waals surface area contributed by atoms with Crippen molar-refractivity contribution in [3.63, 3.8) is 0 Å². The number of fused-ring (bicyclic) bond motifs is 4. The number of aromatic nitrogens is 16. The normalized spacial score (nSPS) is 16.4. The Hall–Kier alpha value is -9.07. The van der Waals surface area contributed by atoms with Gasteiger partial charge >= 0.3 is 24.0 Å². The maximum atomic E-state index is 9.60. The molecule has 0 saturated carbocycles. The number of hydrogen-bond acceptors (Lipinski definition) is 32. The Morgan fingerprint density at radius 2 is 0.630 bits per heavy atom. The first-order valence-electron chi connectivity index (χ1n) is 43.3. The highest BCUT2D eigenvalue weighted by Crippen LogP contribution is 2.29. The van der Waals surface area contributed by atoms with Gasteiger partial charge in [-0.15, -0.1) is 20.4 Å². The first kappa shape index (κ1) is 98.8. The number of carbonyl (C=O) groups excluding carboxylic acids is 3. The minimum atomic E-state index is -0.318. The quantitative estimate of drug-likeness (QED) is 0.0178. The van der Waals surface area contributed by atoms with Crippen molar-refractivity contribution in [2.24, 2.45) is 40.9 Å². The second kappa shape index (κ2) is 51.5. The van der Waals surface area contributed by atoms with E-state index in [0.717, 1.165) is 198 Å². The van der Waals surface area contributed by atoms with E-state index in [9.17, 15) is 14.4 Å². The number of carbonyl (C=O) groups is 3. The topological polar surface area (TPSA) is 483 Å². The van der Waals surface area contributed by atoms with Crippen molar-refractivity contribution in [3.05, 3.63) is 47.6 Å². The molecule has 0 aromatic carbocycles. The summed E-state index contributed by atoms with van der Waals surface area (Å²) >= 11 is 0. The summed E-state index contributed by atoms with van der Waals surface area (Å²) in [5.74, 6) is 4.01. The van der Waals surface area contributed by atoms with Gasteiger partial charge < -0.3 is 93.4 Å². The van der Waals surface area contributed by atoms with Crippen LogP contribution in [0, 0.1) is 23.7 Å². The Bertz CT molecular complexity index is 3880. The predicted molar refractivity (Wildman–Crippen MR) is 466 cm³/mol. The van der Waals surface area contributed by atoms with Gasteiger partial charge in [0, 0.05) is 45.7 Å². The molecule has 0 spiro atoms. The van der Waals surface area contributed by atoms with E-state index in [-0.39, 0.29) is 35.6 Å². The molecule has 36 nitrogen and oxygen atoms in total. The minimum Gasteiger partial charge on any atom is -0.462 e. The third kappa shape index (κ3) is 34.2.